The van der Waals surface area contributed by atoms with E-state index in [0.29, 0.717) is 30.6 Å². The quantitative estimate of drug-likeness (QED) is 0.439. The Kier molecular flexibility index (Phi) is 6.60. The van der Waals surface area contributed by atoms with Crippen LogP contribution in [0.1, 0.15) is 49.3 Å². The van der Waals surface area contributed by atoms with Gasteiger partial charge in [0.1, 0.15) is 11.4 Å². The molecular formula is C25H24F4N4OS. The van der Waals surface area contributed by atoms with Gasteiger partial charge in [0.25, 0.3) is 5.91 Å². The van der Waals surface area contributed by atoms with E-state index in [1.54, 1.807) is 30.1 Å². The van der Waals surface area contributed by atoms with Crippen molar-refractivity contribution in [2.45, 2.75) is 50.9 Å². The first-order valence-electron chi connectivity index (χ1n) is 11.3. The third kappa shape index (κ3) is 4.28. The number of anilines is 2. The number of thiocarbonyl (C=S) groups is 1. The van der Waals surface area contributed by atoms with Crippen LogP contribution in [0, 0.1) is 23.1 Å². The predicted octanol–water partition coefficient (Wildman–Crippen LogP) is 5.52. The maximum atomic E-state index is 14.9. The van der Waals surface area contributed by atoms with E-state index in [4.69, 9.17) is 17.5 Å². The number of rotatable bonds is 4. The molecule has 1 saturated heterocycles. The van der Waals surface area contributed by atoms with E-state index in [9.17, 15) is 22.4 Å². The third-order valence-electron chi connectivity index (χ3n) is 6.73. The summed E-state index contributed by atoms with van der Waals surface area (Å²) in [6.07, 6.45) is -2.28. The molecule has 2 aromatic rings. The molecule has 2 atom stereocenters. The van der Waals surface area contributed by atoms with Crippen LogP contribution < -0.4 is 15.1 Å². The fourth-order valence-electron chi connectivity index (χ4n) is 5.19. The summed E-state index contributed by atoms with van der Waals surface area (Å²) in [6, 6.07) is 9.27. The van der Waals surface area contributed by atoms with Crippen LogP contribution in [-0.4, -0.2) is 23.6 Å². The van der Waals surface area contributed by atoms with E-state index in [0.717, 1.165) is 29.9 Å². The molecule has 1 aliphatic carbocycles. The Morgan fingerprint density at radius 1 is 1.23 bits per heavy atom. The SMILES string of the molecule is CNCc1ccc(N2C(=S)N(c3ccc(C#N)c(C(F)(F)F)c3)C(=O)C23CCCC(C)C3)cc1F. The molecule has 0 bridgehead atoms. The van der Waals surface area contributed by atoms with Gasteiger partial charge in [-0.3, -0.25) is 9.69 Å². The van der Waals surface area contributed by atoms with Crippen LogP contribution in [0.2, 0.25) is 0 Å². The zero-order valence-corrected chi connectivity index (χ0v) is 20.1. The van der Waals surface area contributed by atoms with Crippen LogP contribution in [0.25, 0.3) is 0 Å². The topological polar surface area (TPSA) is 59.4 Å². The average molecular weight is 505 g/mol. The van der Waals surface area contributed by atoms with Crippen LogP contribution in [0.4, 0.5) is 28.9 Å². The van der Waals surface area contributed by atoms with Crippen LogP contribution in [0.15, 0.2) is 36.4 Å². The number of amides is 1. The van der Waals surface area contributed by atoms with Crippen molar-refractivity contribution in [2.75, 3.05) is 16.8 Å². The van der Waals surface area contributed by atoms with E-state index in [2.05, 4.69) is 5.32 Å². The lowest BCUT2D eigenvalue weighted by molar-refractivity contribution is -0.137. The summed E-state index contributed by atoms with van der Waals surface area (Å²) in [4.78, 5) is 16.6. The van der Waals surface area contributed by atoms with E-state index < -0.39 is 34.6 Å². The molecule has 1 aliphatic heterocycles. The van der Waals surface area contributed by atoms with Gasteiger partial charge < -0.3 is 10.2 Å². The fourth-order valence-corrected chi connectivity index (χ4v) is 5.66. The third-order valence-corrected chi connectivity index (χ3v) is 7.10. The number of nitrogens with one attached hydrogen (secondary N) is 1. The number of halogens is 4. The fraction of sp³-hybridized carbons (Fsp3) is 0.400. The zero-order chi connectivity index (χ0) is 25.5. The summed E-state index contributed by atoms with van der Waals surface area (Å²) in [7, 11) is 1.70. The molecule has 184 valence electrons. The van der Waals surface area contributed by atoms with Crippen molar-refractivity contribution in [1.29, 1.82) is 5.26 Å². The van der Waals surface area contributed by atoms with Crippen LogP contribution in [0.5, 0.6) is 0 Å². The summed E-state index contributed by atoms with van der Waals surface area (Å²) in [5.74, 6) is -0.744. The highest BCUT2D eigenvalue weighted by molar-refractivity contribution is 7.81. The van der Waals surface area contributed by atoms with Gasteiger partial charge in [-0.25, -0.2) is 4.39 Å². The highest BCUT2D eigenvalue weighted by atomic mass is 32.1. The van der Waals surface area contributed by atoms with E-state index >= 15 is 0 Å². The van der Waals surface area contributed by atoms with Crippen LogP contribution >= 0.6 is 12.2 Å². The van der Waals surface area contributed by atoms with Crippen molar-refractivity contribution >= 4 is 34.6 Å². The minimum Gasteiger partial charge on any atom is -0.316 e. The van der Waals surface area contributed by atoms with Crippen LogP contribution in [-0.2, 0) is 17.5 Å². The molecule has 2 fully saturated rings. The molecule has 0 aromatic heterocycles. The van der Waals surface area contributed by atoms with Gasteiger partial charge in [-0.05, 0) is 68.4 Å². The second kappa shape index (κ2) is 9.21. The Bertz CT molecular complexity index is 1220. The number of benzene rings is 2. The van der Waals surface area contributed by atoms with Crippen molar-refractivity contribution in [1.82, 2.24) is 5.32 Å². The number of hydrogen-bond acceptors (Lipinski definition) is 4. The molecule has 2 aromatic carbocycles. The number of alkyl halides is 3. The lowest BCUT2D eigenvalue weighted by atomic mass is 9.75. The molecule has 4 rings (SSSR count). The second-order valence-corrected chi connectivity index (χ2v) is 9.50. The Hall–Kier alpha value is -3.03. The molecule has 1 heterocycles. The number of nitriles is 1. The monoisotopic (exact) mass is 504 g/mol. The molecule has 10 heteroatoms. The lowest BCUT2D eigenvalue weighted by Crippen LogP contribution is -2.52. The van der Waals surface area contributed by atoms with Gasteiger partial charge in [0.2, 0.25) is 0 Å². The van der Waals surface area contributed by atoms with Crippen LogP contribution in [0.3, 0.4) is 0 Å². The summed E-state index contributed by atoms with van der Waals surface area (Å²) in [6.45, 7) is 2.33. The smallest absolute Gasteiger partial charge is 0.316 e. The number of hydrogen-bond donors (Lipinski definition) is 1. The van der Waals surface area contributed by atoms with Gasteiger partial charge in [-0.15, -0.1) is 0 Å². The molecule has 5 nitrogen and oxygen atoms in total. The Morgan fingerprint density at radius 3 is 2.54 bits per heavy atom. The first kappa shape index (κ1) is 25.1. The minimum absolute atomic E-state index is 0.0114. The molecule has 0 radical (unpaired) electrons. The molecule has 35 heavy (non-hydrogen) atoms. The van der Waals surface area contributed by atoms with E-state index in [1.807, 2.05) is 6.92 Å². The van der Waals surface area contributed by atoms with Gasteiger partial charge in [0, 0.05) is 17.8 Å². The Morgan fingerprint density at radius 2 is 1.94 bits per heavy atom. The highest BCUT2D eigenvalue weighted by Crippen LogP contribution is 2.47. The molecule has 1 spiro atoms. The summed E-state index contributed by atoms with van der Waals surface area (Å²) < 4.78 is 55.8. The van der Waals surface area contributed by atoms with Gasteiger partial charge in [0.15, 0.2) is 5.11 Å². The van der Waals surface area contributed by atoms with Gasteiger partial charge >= 0.3 is 6.18 Å². The zero-order valence-electron chi connectivity index (χ0n) is 19.2. The van der Waals surface area contributed by atoms with Gasteiger partial charge in [-0.2, -0.15) is 18.4 Å². The highest BCUT2D eigenvalue weighted by Gasteiger charge is 2.57. The standard InChI is InChI=1S/C25H24F4N4OS/c1-15-4-3-9-24(12-15)22(34)32(18-7-5-16(13-30)20(10-18)25(27,28)29)23(35)33(24)19-8-6-17(14-31-2)21(26)11-19/h5-8,10-11,15,31H,3-4,9,12,14H2,1-2H3. The predicted molar refractivity (Wildman–Crippen MR) is 128 cm³/mol. The number of nitrogens with zero attached hydrogens (tertiary/aromatic N) is 3. The summed E-state index contributed by atoms with van der Waals surface area (Å²) in [5, 5.41) is 12.0. The van der Waals surface area contributed by atoms with Crippen molar-refractivity contribution in [3.63, 3.8) is 0 Å². The summed E-state index contributed by atoms with van der Waals surface area (Å²) >= 11 is 5.67. The van der Waals surface area contributed by atoms with Crippen molar-refractivity contribution < 1.29 is 22.4 Å². The Labute approximate surface area is 206 Å². The Balaban J connectivity index is 1.86. The number of carbonyl (C=O) groups excluding carboxylic acids is 1. The molecule has 2 aliphatic rings. The lowest BCUT2D eigenvalue weighted by Gasteiger charge is -2.41. The maximum absolute atomic E-state index is 14.9. The largest absolute Gasteiger partial charge is 0.417 e. The minimum atomic E-state index is -4.78. The molecule has 1 N–H and O–H groups in total. The molecule has 1 amide bonds. The normalized spacial score (nSPS) is 22.7. The van der Waals surface area contributed by atoms with E-state index in [1.165, 1.54) is 12.1 Å². The first-order chi connectivity index (χ1) is 16.5. The molecule has 2 unspecified atom stereocenters. The number of carbonyl (C=O) groups is 1. The maximum Gasteiger partial charge on any atom is 0.417 e. The average Bonchev–Trinajstić information content (AvgIpc) is 3.00. The van der Waals surface area contributed by atoms with Crippen molar-refractivity contribution in [2.24, 2.45) is 5.92 Å². The van der Waals surface area contributed by atoms with Gasteiger partial charge in [-0.1, -0.05) is 25.8 Å². The van der Waals surface area contributed by atoms with E-state index in [-0.39, 0.29) is 16.7 Å². The van der Waals surface area contributed by atoms with Crippen molar-refractivity contribution in [3.8, 4) is 6.07 Å². The summed E-state index contributed by atoms with van der Waals surface area (Å²) in [5.41, 5.74) is -2.06. The van der Waals surface area contributed by atoms with Crippen molar-refractivity contribution in [3.05, 3.63) is 58.9 Å². The molecular weight excluding hydrogens is 480 g/mol. The van der Waals surface area contributed by atoms with Gasteiger partial charge in [0.05, 0.1) is 22.9 Å². The first-order valence-corrected chi connectivity index (χ1v) is 11.7. The molecule has 1 saturated carbocycles. The second-order valence-electron chi connectivity index (χ2n) is 9.14.